The van der Waals surface area contributed by atoms with E-state index in [9.17, 15) is 22.8 Å². The minimum absolute atomic E-state index is 0.0173. The Labute approximate surface area is 191 Å². The minimum Gasteiger partial charge on any atom is -0.273 e. The number of halogens is 3. The predicted molar refractivity (Wildman–Crippen MR) is 116 cm³/mol. The molecule has 0 spiro atoms. The average Bonchev–Trinajstić information content (AvgIpc) is 3.48. The molecule has 7 nitrogen and oxygen atoms in total. The summed E-state index contributed by atoms with van der Waals surface area (Å²) in [5.41, 5.74) is 12.1. The highest BCUT2D eigenvalue weighted by Crippen LogP contribution is 2.31. The molecule has 0 bridgehead atoms. The van der Waals surface area contributed by atoms with Gasteiger partial charge in [0.1, 0.15) is 11.0 Å². The molecule has 1 aliphatic heterocycles. The molecule has 4 rings (SSSR count). The summed E-state index contributed by atoms with van der Waals surface area (Å²) in [6.07, 6.45) is -3.96. The monoisotopic (exact) mass is 475 g/mol. The number of thiazole rings is 1. The van der Waals surface area contributed by atoms with Crippen LogP contribution in [-0.2, 0) is 22.2 Å². The normalized spacial score (nSPS) is 18.2. The Morgan fingerprint density at radius 1 is 1.03 bits per heavy atom. The second-order valence-electron chi connectivity index (χ2n) is 7.47. The number of carbonyl (C=O) groups is 2. The molecule has 0 aliphatic carbocycles. The largest absolute Gasteiger partial charge is 0.416 e. The van der Waals surface area contributed by atoms with Crippen LogP contribution in [0.15, 0.2) is 60.0 Å². The third kappa shape index (κ3) is 5.75. The highest BCUT2D eigenvalue weighted by Gasteiger charge is 2.31. The van der Waals surface area contributed by atoms with Crippen LogP contribution >= 0.6 is 11.3 Å². The molecule has 1 aromatic heterocycles. The van der Waals surface area contributed by atoms with Crippen molar-refractivity contribution < 1.29 is 22.8 Å². The predicted octanol–water partition coefficient (Wildman–Crippen LogP) is 3.13. The summed E-state index contributed by atoms with van der Waals surface area (Å²) in [5.74, 6) is -0.837. The van der Waals surface area contributed by atoms with Crippen LogP contribution in [0.4, 0.5) is 13.2 Å². The van der Waals surface area contributed by atoms with E-state index in [2.05, 4.69) is 26.7 Å². The topological polar surface area (TPSA) is 95.2 Å². The molecule has 0 radical (unpaired) electrons. The first-order valence-corrected chi connectivity index (χ1v) is 10.9. The minimum atomic E-state index is -4.40. The number of carbonyl (C=O) groups excluding carboxylic acids is 2. The van der Waals surface area contributed by atoms with Gasteiger partial charge in [0.25, 0.3) is 5.91 Å². The molecule has 172 valence electrons. The van der Waals surface area contributed by atoms with E-state index in [1.165, 1.54) is 23.5 Å². The smallest absolute Gasteiger partial charge is 0.273 e. The van der Waals surface area contributed by atoms with Gasteiger partial charge in [-0.3, -0.25) is 20.4 Å². The lowest BCUT2D eigenvalue weighted by molar-refractivity contribution is -0.137. The summed E-state index contributed by atoms with van der Waals surface area (Å²) < 4.78 is 38.1. The molecule has 11 heteroatoms. The number of rotatable bonds is 5. The highest BCUT2D eigenvalue weighted by atomic mass is 32.1. The molecule has 0 saturated carbocycles. The van der Waals surface area contributed by atoms with E-state index in [0.29, 0.717) is 22.7 Å². The summed E-state index contributed by atoms with van der Waals surface area (Å²) in [5, 5.41) is 2.16. The van der Waals surface area contributed by atoms with Crippen LogP contribution in [0.25, 0.3) is 10.6 Å². The Kier molecular flexibility index (Phi) is 6.72. The van der Waals surface area contributed by atoms with Gasteiger partial charge < -0.3 is 0 Å². The number of hydrazine groups is 2. The molecule has 33 heavy (non-hydrogen) atoms. The molecule has 2 unspecified atom stereocenters. The van der Waals surface area contributed by atoms with Crippen molar-refractivity contribution in [1.82, 2.24) is 26.7 Å². The first-order chi connectivity index (χ1) is 15.8. The molecular formula is C22H20F3N5O2S. The Morgan fingerprint density at radius 3 is 2.45 bits per heavy atom. The Morgan fingerprint density at radius 2 is 1.76 bits per heavy atom. The Balaban J connectivity index is 1.26. The SMILES string of the molecule is O=C(Cc1csc(-c2ccc(C(F)(F)F)cc2)n1)NNC(=O)C1CC(c2ccccc2)NN1. The number of aromatic nitrogens is 1. The van der Waals surface area contributed by atoms with E-state index in [4.69, 9.17) is 0 Å². The van der Waals surface area contributed by atoms with Gasteiger partial charge in [0, 0.05) is 17.0 Å². The third-order valence-electron chi connectivity index (χ3n) is 5.10. The van der Waals surface area contributed by atoms with Crippen molar-refractivity contribution in [3.8, 4) is 10.6 Å². The summed E-state index contributed by atoms with van der Waals surface area (Å²) in [7, 11) is 0. The average molecular weight is 475 g/mol. The number of benzene rings is 2. The molecule has 3 aromatic rings. The number of alkyl halides is 3. The number of hydrogen-bond acceptors (Lipinski definition) is 6. The fraction of sp³-hybridized carbons (Fsp3) is 0.227. The summed E-state index contributed by atoms with van der Waals surface area (Å²) in [6.45, 7) is 0. The summed E-state index contributed by atoms with van der Waals surface area (Å²) in [4.78, 5) is 28.8. The zero-order valence-corrected chi connectivity index (χ0v) is 18.0. The lowest BCUT2D eigenvalue weighted by Gasteiger charge is -2.11. The number of nitrogens with zero attached hydrogens (tertiary/aromatic N) is 1. The van der Waals surface area contributed by atoms with Crippen molar-refractivity contribution >= 4 is 23.2 Å². The van der Waals surface area contributed by atoms with Crippen LogP contribution in [0.5, 0.6) is 0 Å². The van der Waals surface area contributed by atoms with Crippen molar-refractivity contribution in [2.24, 2.45) is 0 Å². The van der Waals surface area contributed by atoms with Gasteiger partial charge in [0.15, 0.2) is 0 Å². The van der Waals surface area contributed by atoms with Crippen LogP contribution in [-0.4, -0.2) is 22.8 Å². The van der Waals surface area contributed by atoms with Gasteiger partial charge >= 0.3 is 6.18 Å². The van der Waals surface area contributed by atoms with E-state index in [1.54, 1.807) is 5.38 Å². The van der Waals surface area contributed by atoms with Gasteiger partial charge in [-0.25, -0.2) is 15.8 Å². The van der Waals surface area contributed by atoms with Crippen LogP contribution in [0.2, 0.25) is 0 Å². The maximum absolute atomic E-state index is 12.7. The molecule has 1 aliphatic rings. The fourth-order valence-electron chi connectivity index (χ4n) is 3.38. The standard InChI is InChI=1S/C22H20F3N5O2S/c23-22(24,25)15-8-6-14(7-9-15)21-26-16(12-33-21)10-19(31)29-30-20(32)18-11-17(27-28-18)13-4-2-1-3-5-13/h1-9,12,17-18,27-28H,10-11H2,(H,29,31)(H,30,32). The molecule has 4 N–H and O–H groups in total. The molecule has 1 saturated heterocycles. The second kappa shape index (κ2) is 9.69. The molecular weight excluding hydrogens is 455 g/mol. The van der Waals surface area contributed by atoms with Crippen molar-refractivity contribution in [3.63, 3.8) is 0 Å². The van der Waals surface area contributed by atoms with Crippen LogP contribution in [0, 0.1) is 0 Å². The maximum Gasteiger partial charge on any atom is 0.416 e. The van der Waals surface area contributed by atoms with Crippen molar-refractivity contribution in [2.45, 2.75) is 31.1 Å². The quantitative estimate of drug-likeness (QED) is 0.426. The maximum atomic E-state index is 12.7. The first kappa shape index (κ1) is 22.9. The first-order valence-electron chi connectivity index (χ1n) is 10.1. The van der Waals surface area contributed by atoms with E-state index < -0.39 is 23.7 Å². The van der Waals surface area contributed by atoms with E-state index in [1.807, 2.05) is 30.3 Å². The van der Waals surface area contributed by atoms with Gasteiger partial charge in [-0.15, -0.1) is 11.3 Å². The fourth-order valence-corrected chi connectivity index (χ4v) is 4.21. The Bertz CT molecular complexity index is 1120. The van der Waals surface area contributed by atoms with Gasteiger partial charge in [-0.2, -0.15) is 13.2 Å². The molecule has 2 aromatic carbocycles. The summed E-state index contributed by atoms with van der Waals surface area (Å²) >= 11 is 1.22. The van der Waals surface area contributed by atoms with Crippen LogP contribution in [0.1, 0.15) is 29.3 Å². The molecule has 2 heterocycles. The lowest BCUT2D eigenvalue weighted by atomic mass is 10.0. The summed E-state index contributed by atoms with van der Waals surface area (Å²) in [6, 6.07) is 13.8. The molecule has 2 atom stereocenters. The zero-order valence-electron chi connectivity index (χ0n) is 17.1. The van der Waals surface area contributed by atoms with Gasteiger partial charge in [0.05, 0.1) is 17.7 Å². The number of hydrogen-bond donors (Lipinski definition) is 4. The van der Waals surface area contributed by atoms with Crippen molar-refractivity contribution in [1.29, 1.82) is 0 Å². The van der Waals surface area contributed by atoms with Gasteiger partial charge in [0.2, 0.25) is 5.91 Å². The van der Waals surface area contributed by atoms with Crippen LogP contribution < -0.4 is 21.7 Å². The molecule has 1 fully saturated rings. The Hall–Kier alpha value is -3.28. The van der Waals surface area contributed by atoms with Gasteiger partial charge in [-0.1, -0.05) is 42.5 Å². The number of amides is 2. The molecule has 2 amide bonds. The zero-order chi connectivity index (χ0) is 23.4. The highest BCUT2D eigenvalue weighted by molar-refractivity contribution is 7.13. The second-order valence-corrected chi connectivity index (χ2v) is 8.33. The lowest BCUT2D eigenvalue weighted by Crippen LogP contribution is -2.50. The van der Waals surface area contributed by atoms with Crippen LogP contribution in [0.3, 0.4) is 0 Å². The van der Waals surface area contributed by atoms with Crippen molar-refractivity contribution in [2.75, 3.05) is 0 Å². The van der Waals surface area contributed by atoms with E-state index in [0.717, 1.165) is 17.7 Å². The third-order valence-corrected chi connectivity index (χ3v) is 6.04. The van der Waals surface area contributed by atoms with E-state index in [-0.39, 0.29) is 18.4 Å². The van der Waals surface area contributed by atoms with Crippen molar-refractivity contribution in [3.05, 3.63) is 76.8 Å². The number of nitrogens with one attached hydrogen (secondary N) is 4. The van der Waals surface area contributed by atoms with E-state index >= 15 is 0 Å². The van der Waals surface area contributed by atoms with Gasteiger partial charge in [-0.05, 0) is 24.1 Å².